The number of benzene rings is 1. The van der Waals surface area contributed by atoms with E-state index in [1.54, 1.807) is 6.08 Å². The van der Waals surface area contributed by atoms with Crippen molar-refractivity contribution < 1.29 is 14.7 Å². The van der Waals surface area contributed by atoms with E-state index in [4.69, 9.17) is 15.8 Å². The molecule has 1 aromatic rings. The lowest BCUT2D eigenvalue weighted by Crippen LogP contribution is -2.23. The normalized spacial score (nSPS) is 23.6. The van der Waals surface area contributed by atoms with Crippen LogP contribution in [0.2, 0.25) is 0 Å². The predicted molar refractivity (Wildman–Crippen MR) is 73.4 cm³/mol. The molecule has 4 nitrogen and oxygen atoms in total. The van der Waals surface area contributed by atoms with Crippen LogP contribution in [0, 0.1) is 0 Å². The molecule has 0 radical (unpaired) electrons. The standard InChI is InChI=1S/C15H19NO3/c16-19-14-8-6-13(7-9-14)12-4-1-11(2-5-12)3-10-15(17)18/h1-5,10,13-14H,6-9,16H2,(H,17,18). The van der Waals surface area contributed by atoms with Crippen LogP contribution in [0.15, 0.2) is 30.3 Å². The molecule has 1 fully saturated rings. The van der Waals surface area contributed by atoms with Gasteiger partial charge in [-0.05, 0) is 48.8 Å². The number of carboxylic acids is 1. The SMILES string of the molecule is NOC1CCC(c2ccc(C=CC(=O)O)cc2)CC1. The third-order valence-electron chi connectivity index (χ3n) is 3.69. The first-order chi connectivity index (χ1) is 9.19. The predicted octanol–water partition coefficient (Wildman–Crippen LogP) is 2.70. The Morgan fingerprint density at radius 1 is 1.21 bits per heavy atom. The zero-order chi connectivity index (χ0) is 13.7. The second-order valence-electron chi connectivity index (χ2n) is 4.95. The van der Waals surface area contributed by atoms with Crippen molar-refractivity contribution in [1.29, 1.82) is 0 Å². The summed E-state index contributed by atoms with van der Waals surface area (Å²) >= 11 is 0. The third-order valence-corrected chi connectivity index (χ3v) is 3.69. The van der Waals surface area contributed by atoms with Crippen molar-refractivity contribution in [3.05, 3.63) is 41.5 Å². The van der Waals surface area contributed by atoms with E-state index < -0.39 is 5.97 Å². The molecular formula is C15H19NO3. The Morgan fingerprint density at radius 2 is 1.84 bits per heavy atom. The molecule has 0 bridgehead atoms. The first-order valence-corrected chi connectivity index (χ1v) is 6.55. The summed E-state index contributed by atoms with van der Waals surface area (Å²) in [6.07, 6.45) is 7.14. The largest absolute Gasteiger partial charge is 0.478 e. The van der Waals surface area contributed by atoms with Crippen molar-refractivity contribution in [1.82, 2.24) is 0 Å². The van der Waals surface area contributed by atoms with Crippen LogP contribution in [0.3, 0.4) is 0 Å². The molecule has 1 aliphatic rings. The fourth-order valence-electron chi connectivity index (χ4n) is 2.58. The number of carboxylic acid groups (broad SMARTS) is 1. The van der Waals surface area contributed by atoms with Gasteiger partial charge < -0.3 is 9.94 Å². The van der Waals surface area contributed by atoms with Crippen LogP contribution in [0.4, 0.5) is 0 Å². The number of carbonyl (C=O) groups is 1. The Balaban J connectivity index is 1.97. The van der Waals surface area contributed by atoms with Gasteiger partial charge in [0.2, 0.25) is 0 Å². The molecule has 2 rings (SSSR count). The first-order valence-electron chi connectivity index (χ1n) is 6.55. The van der Waals surface area contributed by atoms with Gasteiger partial charge in [-0.2, -0.15) is 0 Å². The highest BCUT2D eigenvalue weighted by Gasteiger charge is 2.22. The lowest BCUT2D eigenvalue weighted by Gasteiger charge is -2.27. The quantitative estimate of drug-likeness (QED) is 0.645. The minimum Gasteiger partial charge on any atom is -0.478 e. The van der Waals surface area contributed by atoms with E-state index in [0.717, 1.165) is 37.3 Å². The number of nitrogens with two attached hydrogens (primary N) is 1. The van der Waals surface area contributed by atoms with Gasteiger partial charge in [-0.25, -0.2) is 10.7 Å². The molecular weight excluding hydrogens is 242 g/mol. The molecule has 1 saturated carbocycles. The van der Waals surface area contributed by atoms with Gasteiger partial charge in [-0.1, -0.05) is 24.3 Å². The number of hydrogen-bond acceptors (Lipinski definition) is 3. The van der Waals surface area contributed by atoms with Crippen LogP contribution in [0.25, 0.3) is 6.08 Å². The van der Waals surface area contributed by atoms with E-state index in [2.05, 4.69) is 12.1 Å². The van der Waals surface area contributed by atoms with E-state index in [-0.39, 0.29) is 6.10 Å². The zero-order valence-corrected chi connectivity index (χ0v) is 10.8. The maximum Gasteiger partial charge on any atom is 0.328 e. The topological polar surface area (TPSA) is 72.5 Å². The Morgan fingerprint density at radius 3 is 2.37 bits per heavy atom. The molecule has 0 saturated heterocycles. The van der Waals surface area contributed by atoms with Gasteiger partial charge >= 0.3 is 5.97 Å². The number of rotatable bonds is 4. The van der Waals surface area contributed by atoms with E-state index in [1.807, 2.05) is 12.1 Å². The fourth-order valence-corrected chi connectivity index (χ4v) is 2.58. The molecule has 0 unspecified atom stereocenters. The Hall–Kier alpha value is -1.65. The summed E-state index contributed by atoms with van der Waals surface area (Å²) in [5.74, 6) is 4.84. The summed E-state index contributed by atoms with van der Waals surface area (Å²) in [6.45, 7) is 0. The van der Waals surface area contributed by atoms with E-state index in [0.29, 0.717) is 5.92 Å². The highest BCUT2D eigenvalue weighted by atomic mass is 16.6. The van der Waals surface area contributed by atoms with Crippen LogP contribution >= 0.6 is 0 Å². The highest BCUT2D eigenvalue weighted by Crippen LogP contribution is 2.33. The van der Waals surface area contributed by atoms with Crippen LogP contribution < -0.4 is 5.90 Å². The van der Waals surface area contributed by atoms with Crippen LogP contribution in [0.5, 0.6) is 0 Å². The summed E-state index contributed by atoms with van der Waals surface area (Å²) in [7, 11) is 0. The maximum absolute atomic E-state index is 10.4. The average Bonchev–Trinajstić information content (AvgIpc) is 2.46. The molecule has 0 aromatic heterocycles. The minimum absolute atomic E-state index is 0.203. The Kier molecular flexibility index (Phi) is 4.71. The van der Waals surface area contributed by atoms with Crippen LogP contribution in [0.1, 0.15) is 42.7 Å². The van der Waals surface area contributed by atoms with E-state index in [9.17, 15) is 4.79 Å². The second kappa shape index (κ2) is 6.50. The summed E-state index contributed by atoms with van der Waals surface area (Å²) in [5, 5.41) is 8.57. The lowest BCUT2D eigenvalue weighted by molar-refractivity contribution is -0.131. The summed E-state index contributed by atoms with van der Waals surface area (Å²) in [4.78, 5) is 15.3. The lowest BCUT2D eigenvalue weighted by atomic mass is 9.82. The van der Waals surface area contributed by atoms with Gasteiger partial charge in [-0.15, -0.1) is 0 Å². The molecule has 3 N–H and O–H groups in total. The van der Waals surface area contributed by atoms with Crippen molar-refractivity contribution in [3.8, 4) is 0 Å². The van der Waals surface area contributed by atoms with Crippen molar-refractivity contribution in [2.24, 2.45) is 5.90 Å². The highest BCUT2D eigenvalue weighted by molar-refractivity contribution is 5.85. The Labute approximate surface area is 112 Å². The van der Waals surface area contributed by atoms with Gasteiger partial charge in [0.15, 0.2) is 0 Å². The molecule has 1 aromatic carbocycles. The van der Waals surface area contributed by atoms with Crippen LogP contribution in [-0.2, 0) is 9.63 Å². The van der Waals surface area contributed by atoms with Gasteiger partial charge in [0, 0.05) is 6.08 Å². The molecule has 0 atom stereocenters. The zero-order valence-electron chi connectivity index (χ0n) is 10.8. The average molecular weight is 261 g/mol. The fraction of sp³-hybridized carbons (Fsp3) is 0.400. The molecule has 0 aliphatic heterocycles. The van der Waals surface area contributed by atoms with E-state index >= 15 is 0 Å². The molecule has 0 heterocycles. The van der Waals surface area contributed by atoms with Crippen molar-refractivity contribution in [2.75, 3.05) is 0 Å². The summed E-state index contributed by atoms with van der Waals surface area (Å²) < 4.78 is 0. The van der Waals surface area contributed by atoms with Crippen molar-refractivity contribution in [2.45, 2.75) is 37.7 Å². The Bertz CT molecular complexity index is 445. The van der Waals surface area contributed by atoms with Gasteiger partial charge in [0.1, 0.15) is 0 Å². The number of hydrogen-bond donors (Lipinski definition) is 2. The third kappa shape index (κ3) is 3.91. The maximum atomic E-state index is 10.4. The molecule has 19 heavy (non-hydrogen) atoms. The van der Waals surface area contributed by atoms with Crippen molar-refractivity contribution in [3.63, 3.8) is 0 Å². The van der Waals surface area contributed by atoms with E-state index in [1.165, 1.54) is 5.56 Å². The van der Waals surface area contributed by atoms with Crippen molar-refractivity contribution >= 4 is 12.0 Å². The smallest absolute Gasteiger partial charge is 0.328 e. The minimum atomic E-state index is -0.927. The molecule has 4 heteroatoms. The summed E-state index contributed by atoms with van der Waals surface area (Å²) in [6, 6.07) is 8.08. The van der Waals surface area contributed by atoms with Crippen LogP contribution in [-0.4, -0.2) is 17.2 Å². The second-order valence-corrected chi connectivity index (χ2v) is 4.95. The molecule has 0 spiro atoms. The monoisotopic (exact) mass is 261 g/mol. The molecule has 1 aliphatic carbocycles. The summed E-state index contributed by atoms with van der Waals surface area (Å²) in [5.41, 5.74) is 2.22. The van der Waals surface area contributed by atoms with Gasteiger partial charge in [0.25, 0.3) is 0 Å². The van der Waals surface area contributed by atoms with Gasteiger partial charge in [-0.3, -0.25) is 0 Å². The number of aliphatic carboxylic acids is 1. The molecule has 102 valence electrons. The van der Waals surface area contributed by atoms with Gasteiger partial charge in [0.05, 0.1) is 6.10 Å². The first kappa shape index (κ1) is 13.8. The molecule has 0 amide bonds.